The molecule has 23 heavy (non-hydrogen) atoms. The van der Waals surface area contributed by atoms with E-state index in [1.54, 1.807) is 17.6 Å². The number of nitrogens with zero attached hydrogens (tertiary/aromatic N) is 3. The lowest BCUT2D eigenvalue weighted by Gasteiger charge is -2.26. The minimum atomic E-state index is 0.807. The molecule has 0 bridgehead atoms. The standard InChI is InChI=1S/C17H19N3O2S/c1-2-6-20(7-3-1)17-18-16(14-5-4-10-22-14)15(23-17)13-19-8-11-21-12-9-19/h1-6,10H,7-9,11-13H2. The molecule has 2 aromatic heterocycles. The van der Waals surface area contributed by atoms with Gasteiger partial charge >= 0.3 is 0 Å². The van der Waals surface area contributed by atoms with Crippen molar-refractivity contribution in [3.05, 3.63) is 47.7 Å². The van der Waals surface area contributed by atoms with E-state index in [1.807, 2.05) is 18.2 Å². The zero-order valence-corrected chi connectivity index (χ0v) is 13.7. The highest BCUT2D eigenvalue weighted by Gasteiger charge is 2.21. The van der Waals surface area contributed by atoms with Gasteiger partial charge in [-0.25, -0.2) is 4.98 Å². The Morgan fingerprint density at radius 1 is 1.22 bits per heavy atom. The fourth-order valence-electron chi connectivity index (χ4n) is 2.75. The van der Waals surface area contributed by atoms with Gasteiger partial charge in [0.15, 0.2) is 10.9 Å². The first-order chi connectivity index (χ1) is 11.4. The number of hydrogen-bond donors (Lipinski definition) is 0. The van der Waals surface area contributed by atoms with Gasteiger partial charge < -0.3 is 14.1 Å². The number of anilines is 1. The summed E-state index contributed by atoms with van der Waals surface area (Å²) in [6, 6.07) is 3.89. The van der Waals surface area contributed by atoms with Crippen LogP contribution in [0, 0.1) is 0 Å². The molecule has 2 aromatic rings. The molecule has 0 atom stereocenters. The van der Waals surface area contributed by atoms with Gasteiger partial charge in [-0.3, -0.25) is 4.90 Å². The van der Waals surface area contributed by atoms with Crippen LogP contribution in [0.3, 0.4) is 0 Å². The summed E-state index contributed by atoms with van der Waals surface area (Å²) in [5.74, 6) is 0.840. The molecule has 4 heterocycles. The summed E-state index contributed by atoms with van der Waals surface area (Å²) in [6.07, 6.45) is 10.0. The summed E-state index contributed by atoms with van der Waals surface area (Å²) >= 11 is 1.75. The number of ether oxygens (including phenoxy) is 1. The van der Waals surface area contributed by atoms with Crippen LogP contribution < -0.4 is 4.90 Å². The highest BCUT2D eigenvalue weighted by Crippen LogP contribution is 2.35. The number of rotatable bonds is 4. The van der Waals surface area contributed by atoms with Crippen molar-refractivity contribution in [2.45, 2.75) is 6.54 Å². The van der Waals surface area contributed by atoms with Gasteiger partial charge in [0, 0.05) is 32.4 Å². The largest absolute Gasteiger partial charge is 0.463 e. The van der Waals surface area contributed by atoms with Crippen LogP contribution in [0.15, 0.2) is 47.2 Å². The quantitative estimate of drug-likeness (QED) is 0.862. The molecule has 0 spiro atoms. The molecule has 0 saturated carbocycles. The molecule has 2 aliphatic rings. The molecule has 6 heteroatoms. The topological polar surface area (TPSA) is 41.7 Å². The van der Waals surface area contributed by atoms with Gasteiger partial charge in [0.05, 0.1) is 24.4 Å². The molecule has 0 N–H and O–H groups in total. The van der Waals surface area contributed by atoms with E-state index in [4.69, 9.17) is 14.1 Å². The predicted molar refractivity (Wildman–Crippen MR) is 91.5 cm³/mol. The molecule has 0 radical (unpaired) electrons. The first-order valence-electron chi connectivity index (χ1n) is 7.84. The van der Waals surface area contributed by atoms with Gasteiger partial charge in [-0.15, -0.1) is 0 Å². The smallest absolute Gasteiger partial charge is 0.190 e. The summed E-state index contributed by atoms with van der Waals surface area (Å²) in [5, 5.41) is 1.01. The van der Waals surface area contributed by atoms with E-state index in [2.05, 4.69) is 28.2 Å². The highest BCUT2D eigenvalue weighted by atomic mass is 32.1. The number of thiazole rings is 1. The zero-order chi connectivity index (χ0) is 15.5. The first kappa shape index (κ1) is 14.7. The van der Waals surface area contributed by atoms with Crippen LogP contribution in [-0.2, 0) is 11.3 Å². The van der Waals surface area contributed by atoms with E-state index in [0.29, 0.717) is 0 Å². The lowest BCUT2D eigenvalue weighted by atomic mass is 10.2. The Morgan fingerprint density at radius 2 is 2.13 bits per heavy atom. The van der Waals surface area contributed by atoms with Crippen molar-refractivity contribution in [2.75, 3.05) is 37.7 Å². The number of hydrogen-bond acceptors (Lipinski definition) is 6. The summed E-state index contributed by atoms with van der Waals surface area (Å²) < 4.78 is 11.0. The van der Waals surface area contributed by atoms with Crippen LogP contribution in [0.25, 0.3) is 11.5 Å². The van der Waals surface area contributed by atoms with Gasteiger partial charge in [0.2, 0.25) is 0 Å². The maximum atomic E-state index is 5.60. The van der Waals surface area contributed by atoms with Crippen LogP contribution in [-0.4, -0.2) is 42.7 Å². The third-order valence-electron chi connectivity index (χ3n) is 3.97. The minimum absolute atomic E-state index is 0.807. The summed E-state index contributed by atoms with van der Waals surface area (Å²) in [7, 11) is 0. The molecule has 0 amide bonds. The molecule has 0 aliphatic carbocycles. The van der Waals surface area contributed by atoms with Crippen molar-refractivity contribution in [2.24, 2.45) is 0 Å². The Hall–Kier alpha value is -1.89. The maximum absolute atomic E-state index is 5.60. The molecule has 120 valence electrons. The summed E-state index contributed by atoms with van der Waals surface area (Å²) in [4.78, 5) is 10.7. The van der Waals surface area contributed by atoms with Crippen molar-refractivity contribution >= 4 is 16.5 Å². The lowest BCUT2D eigenvalue weighted by Crippen LogP contribution is -2.35. The predicted octanol–water partition coefficient (Wildman–Crippen LogP) is 3.13. The van der Waals surface area contributed by atoms with E-state index in [0.717, 1.165) is 56.0 Å². The Bertz CT molecular complexity index is 700. The molecule has 2 aliphatic heterocycles. The number of morpholine rings is 1. The summed E-state index contributed by atoms with van der Waals surface area (Å²) in [5.41, 5.74) is 0.962. The maximum Gasteiger partial charge on any atom is 0.190 e. The Labute approximate surface area is 139 Å². The fraction of sp³-hybridized carbons (Fsp3) is 0.353. The van der Waals surface area contributed by atoms with Gasteiger partial charge in [-0.1, -0.05) is 23.5 Å². The Kier molecular flexibility index (Phi) is 4.28. The number of furan rings is 1. The monoisotopic (exact) mass is 329 g/mol. The van der Waals surface area contributed by atoms with Crippen molar-refractivity contribution in [1.29, 1.82) is 0 Å². The first-order valence-corrected chi connectivity index (χ1v) is 8.65. The molecule has 1 fully saturated rings. The van der Waals surface area contributed by atoms with Crippen molar-refractivity contribution in [3.8, 4) is 11.5 Å². The molecule has 0 unspecified atom stereocenters. The molecular formula is C17H19N3O2S. The van der Waals surface area contributed by atoms with E-state index in [-0.39, 0.29) is 0 Å². The van der Waals surface area contributed by atoms with Crippen LogP contribution >= 0.6 is 11.3 Å². The van der Waals surface area contributed by atoms with Gasteiger partial charge in [0.25, 0.3) is 0 Å². The number of allylic oxidation sites excluding steroid dienone is 2. The summed E-state index contributed by atoms with van der Waals surface area (Å²) in [6.45, 7) is 5.31. The third-order valence-corrected chi connectivity index (χ3v) is 5.05. The van der Waals surface area contributed by atoms with Crippen LogP contribution in [0.4, 0.5) is 5.13 Å². The van der Waals surface area contributed by atoms with E-state index < -0.39 is 0 Å². The van der Waals surface area contributed by atoms with Crippen molar-refractivity contribution in [1.82, 2.24) is 9.88 Å². The van der Waals surface area contributed by atoms with E-state index in [9.17, 15) is 0 Å². The minimum Gasteiger partial charge on any atom is -0.463 e. The van der Waals surface area contributed by atoms with E-state index >= 15 is 0 Å². The van der Waals surface area contributed by atoms with Crippen molar-refractivity contribution < 1.29 is 9.15 Å². The second kappa shape index (κ2) is 6.70. The SMILES string of the molecule is C1=CCN(c2nc(-c3ccco3)c(CN3CCOCC3)s2)C=C1. The van der Waals surface area contributed by atoms with Crippen molar-refractivity contribution in [3.63, 3.8) is 0 Å². The van der Waals surface area contributed by atoms with Gasteiger partial charge in [-0.05, 0) is 18.2 Å². The van der Waals surface area contributed by atoms with Crippen LogP contribution in [0.1, 0.15) is 4.88 Å². The molecule has 4 rings (SSSR count). The second-order valence-corrected chi connectivity index (χ2v) is 6.62. The average Bonchev–Trinajstić information content (AvgIpc) is 3.26. The average molecular weight is 329 g/mol. The fourth-order valence-corrected chi connectivity index (χ4v) is 3.85. The zero-order valence-electron chi connectivity index (χ0n) is 12.9. The molecule has 0 aromatic carbocycles. The Morgan fingerprint density at radius 3 is 2.87 bits per heavy atom. The normalized spacial score (nSPS) is 18.7. The van der Waals surface area contributed by atoms with E-state index in [1.165, 1.54) is 4.88 Å². The Balaban J connectivity index is 1.63. The van der Waals surface area contributed by atoms with Crippen LogP contribution in [0.2, 0.25) is 0 Å². The number of aromatic nitrogens is 1. The second-order valence-electron chi connectivity index (χ2n) is 5.56. The van der Waals surface area contributed by atoms with Gasteiger partial charge in [-0.2, -0.15) is 0 Å². The van der Waals surface area contributed by atoms with Crippen LogP contribution in [0.5, 0.6) is 0 Å². The lowest BCUT2D eigenvalue weighted by molar-refractivity contribution is 0.0346. The third kappa shape index (κ3) is 3.24. The highest BCUT2D eigenvalue weighted by molar-refractivity contribution is 7.16. The molecule has 1 saturated heterocycles. The molecule has 5 nitrogen and oxygen atoms in total. The van der Waals surface area contributed by atoms with Gasteiger partial charge in [0.1, 0.15) is 5.69 Å². The molecular weight excluding hydrogens is 310 g/mol.